The Morgan fingerprint density at radius 3 is 2.60 bits per heavy atom. The summed E-state index contributed by atoms with van der Waals surface area (Å²) in [7, 11) is 1.50. The maximum atomic E-state index is 12.7. The minimum absolute atomic E-state index is 0.0394. The van der Waals surface area contributed by atoms with Gasteiger partial charge in [-0.25, -0.2) is 4.79 Å². The van der Waals surface area contributed by atoms with Crippen molar-refractivity contribution in [1.29, 1.82) is 0 Å². The topological polar surface area (TPSA) is 91.2 Å². The normalized spacial score (nSPS) is 20.2. The van der Waals surface area contributed by atoms with Gasteiger partial charge in [0.2, 0.25) is 0 Å². The van der Waals surface area contributed by atoms with Crippen molar-refractivity contribution in [3.8, 4) is 11.5 Å². The van der Waals surface area contributed by atoms with Crippen LogP contribution in [0.1, 0.15) is 18.1 Å². The first-order valence-electron chi connectivity index (χ1n) is 7.59. The molecule has 3 rings (SSSR count). The summed E-state index contributed by atoms with van der Waals surface area (Å²) in [5, 5.41) is 17.2. The molecule has 2 N–H and O–H groups in total. The zero-order chi connectivity index (χ0) is 18.0. The maximum Gasteiger partial charge on any atom is 0.346 e. The molecule has 2 aromatic carbocycles. The molecule has 1 fully saturated rings. The Kier molecular flexibility index (Phi) is 4.14. The van der Waals surface area contributed by atoms with Crippen LogP contribution in [0.4, 0.5) is 4.79 Å². The molecule has 0 aliphatic carbocycles. The Morgan fingerprint density at radius 1 is 1.20 bits per heavy atom. The summed E-state index contributed by atoms with van der Waals surface area (Å²) in [6, 6.07) is 12.9. The summed E-state index contributed by atoms with van der Waals surface area (Å²) in [6.45, 7) is 1.63. The lowest BCUT2D eigenvalue weighted by molar-refractivity contribution is -0.131. The monoisotopic (exact) mass is 339 g/mol. The number of methoxy groups -OCH3 is 1. The number of ether oxygens (including phenoxy) is 1. The molecule has 3 amide bonds. The first-order chi connectivity index (χ1) is 12.0. The van der Waals surface area contributed by atoms with Crippen molar-refractivity contribution in [2.24, 2.45) is 5.10 Å². The van der Waals surface area contributed by atoms with Gasteiger partial charge in [0.25, 0.3) is 5.91 Å². The van der Waals surface area contributed by atoms with Gasteiger partial charge >= 0.3 is 6.03 Å². The number of amides is 3. The quantitative estimate of drug-likeness (QED) is 0.660. The summed E-state index contributed by atoms with van der Waals surface area (Å²) in [4.78, 5) is 24.9. The number of urea groups is 1. The second kappa shape index (κ2) is 6.27. The fourth-order valence-electron chi connectivity index (χ4n) is 2.58. The van der Waals surface area contributed by atoms with Crippen LogP contribution >= 0.6 is 0 Å². The lowest BCUT2D eigenvalue weighted by Crippen LogP contribution is -2.40. The van der Waals surface area contributed by atoms with E-state index in [4.69, 9.17) is 4.74 Å². The van der Waals surface area contributed by atoms with Gasteiger partial charge in [-0.15, -0.1) is 5.01 Å². The zero-order valence-corrected chi connectivity index (χ0v) is 13.8. The molecule has 0 aromatic heterocycles. The van der Waals surface area contributed by atoms with Crippen LogP contribution in [-0.4, -0.2) is 35.4 Å². The first-order valence-corrected chi connectivity index (χ1v) is 7.59. The number of phenolic OH excluding ortho intramolecular Hbond substituents is 1. The lowest BCUT2D eigenvalue weighted by Gasteiger charge is -2.20. The molecular formula is C18H17N3O4. The number of carbonyl (C=O) groups excluding carboxylic acids is 2. The van der Waals surface area contributed by atoms with E-state index in [9.17, 15) is 14.7 Å². The van der Waals surface area contributed by atoms with Gasteiger partial charge in [0.1, 0.15) is 17.0 Å². The molecule has 25 heavy (non-hydrogen) atoms. The Bertz CT molecular complexity index is 851. The van der Waals surface area contributed by atoms with Crippen LogP contribution in [0.3, 0.4) is 0 Å². The van der Waals surface area contributed by atoms with E-state index in [0.29, 0.717) is 16.9 Å². The Hall–Kier alpha value is -3.35. The predicted octanol–water partition coefficient (Wildman–Crippen LogP) is 2.20. The SMILES string of the molecule is COc1ccc(O)c(/C=N/N2C(=O)N[C@@](C)(c3ccccc3)C2=O)c1. The molecule has 1 saturated heterocycles. The highest BCUT2D eigenvalue weighted by atomic mass is 16.5. The first kappa shape index (κ1) is 16.5. The predicted molar refractivity (Wildman–Crippen MR) is 91.4 cm³/mol. The van der Waals surface area contributed by atoms with Gasteiger partial charge in [0.05, 0.1) is 13.3 Å². The fraction of sp³-hybridized carbons (Fsp3) is 0.167. The van der Waals surface area contributed by atoms with Crippen LogP contribution < -0.4 is 10.1 Å². The summed E-state index contributed by atoms with van der Waals surface area (Å²) in [6.07, 6.45) is 1.24. The summed E-state index contributed by atoms with van der Waals surface area (Å²) < 4.78 is 5.08. The van der Waals surface area contributed by atoms with E-state index in [-0.39, 0.29) is 5.75 Å². The van der Waals surface area contributed by atoms with Crippen molar-refractivity contribution in [2.75, 3.05) is 7.11 Å². The molecule has 128 valence electrons. The van der Waals surface area contributed by atoms with Gasteiger partial charge < -0.3 is 15.2 Å². The van der Waals surface area contributed by atoms with Crippen molar-refractivity contribution in [3.05, 3.63) is 59.7 Å². The maximum absolute atomic E-state index is 12.7. The van der Waals surface area contributed by atoms with Crippen LogP contribution in [0.25, 0.3) is 0 Å². The van der Waals surface area contributed by atoms with Crippen molar-refractivity contribution >= 4 is 18.2 Å². The molecule has 0 saturated carbocycles. The highest BCUT2D eigenvalue weighted by molar-refractivity contribution is 6.07. The molecule has 1 heterocycles. The van der Waals surface area contributed by atoms with Crippen LogP contribution in [-0.2, 0) is 10.3 Å². The molecular weight excluding hydrogens is 322 g/mol. The Balaban J connectivity index is 1.89. The molecule has 1 atom stereocenters. The average Bonchev–Trinajstić information content (AvgIpc) is 2.85. The summed E-state index contributed by atoms with van der Waals surface area (Å²) in [5.41, 5.74) is -0.199. The lowest BCUT2D eigenvalue weighted by atomic mass is 9.92. The molecule has 7 nitrogen and oxygen atoms in total. The van der Waals surface area contributed by atoms with Crippen LogP contribution in [0.5, 0.6) is 11.5 Å². The van der Waals surface area contributed by atoms with Crippen LogP contribution in [0.2, 0.25) is 0 Å². The van der Waals surface area contributed by atoms with Gasteiger partial charge in [-0.05, 0) is 30.7 Å². The number of carbonyl (C=O) groups is 2. The molecule has 2 aromatic rings. The number of hydrogen-bond acceptors (Lipinski definition) is 5. The summed E-state index contributed by atoms with van der Waals surface area (Å²) >= 11 is 0. The van der Waals surface area contributed by atoms with Gasteiger partial charge in [0.15, 0.2) is 0 Å². The molecule has 7 heteroatoms. The van der Waals surface area contributed by atoms with Crippen molar-refractivity contribution < 1.29 is 19.4 Å². The summed E-state index contributed by atoms with van der Waals surface area (Å²) in [5.74, 6) is -0.0182. The van der Waals surface area contributed by atoms with E-state index in [0.717, 1.165) is 5.01 Å². The number of aromatic hydroxyl groups is 1. The second-order valence-electron chi connectivity index (χ2n) is 5.71. The molecule has 1 aliphatic rings. The van der Waals surface area contributed by atoms with Gasteiger partial charge in [0, 0.05) is 5.56 Å². The smallest absolute Gasteiger partial charge is 0.346 e. The number of nitrogens with zero attached hydrogens (tertiary/aromatic N) is 2. The minimum Gasteiger partial charge on any atom is -0.507 e. The van der Waals surface area contributed by atoms with E-state index >= 15 is 0 Å². The van der Waals surface area contributed by atoms with Crippen LogP contribution in [0.15, 0.2) is 53.6 Å². The number of nitrogens with one attached hydrogen (secondary N) is 1. The third kappa shape index (κ3) is 2.91. The highest BCUT2D eigenvalue weighted by Gasteiger charge is 2.49. The number of imide groups is 1. The third-order valence-corrected chi connectivity index (χ3v) is 4.07. The average molecular weight is 339 g/mol. The van der Waals surface area contributed by atoms with E-state index in [1.807, 2.05) is 6.07 Å². The van der Waals surface area contributed by atoms with Gasteiger partial charge in [-0.3, -0.25) is 4.79 Å². The number of hydrazone groups is 1. The van der Waals surface area contributed by atoms with Crippen molar-refractivity contribution in [2.45, 2.75) is 12.5 Å². The van der Waals surface area contributed by atoms with E-state index in [2.05, 4.69) is 10.4 Å². The molecule has 0 unspecified atom stereocenters. The largest absolute Gasteiger partial charge is 0.507 e. The van der Waals surface area contributed by atoms with Crippen molar-refractivity contribution in [3.63, 3.8) is 0 Å². The molecule has 0 spiro atoms. The molecule has 0 radical (unpaired) electrons. The Labute approximate surface area is 144 Å². The fourth-order valence-corrected chi connectivity index (χ4v) is 2.58. The Morgan fingerprint density at radius 2 is 1.92 bits per heavy atom. The van der Waals surface area contributed by atoms with Gasteiger partial charge in [-0.2, -0.15) is 5.10 Å². The van der Waals surface area contributed by atoms with E-state index in [1.54, 1.807) is 43.3 Å². The third-order valence-electron chi connectivity index (χ3n) is 4.07. The molecule has 0 bridgehead atoms. The zero-order valence-electron chi connectivity index (χ0n) is 13.8. The van der Waals surface area contributed by atoms with Gasteiger partial charge in [-0.1, -0.05) is 30.3 Å². The van der Waals surface area contributed by atoms with E-state index < -0.39 is 17.5 Å². The number of rotatable bonds is 4. The second-order valence-corrected chi connectivity index (χ2v) is 5.71. The van der Waals surface area contributed by atoms with Crippen molar-refractivity contribution in [1.82, 2.24) is 10.3 Å². The van der Waals surface area contributed by atoms with E-state index in [1.165, 1.54) is 19.4 Å². The highest BCUT2D eigenvalue weighted by Crippen LogP contribution is 2.29. The van der Waals surface area contributed by atoms with Crippen LogP contribution in [0, 0.1) is 0 Å². The molecule has 1 aliphatic heterocycles. The number of phenols is 1. The number of hydrogen-bond donors (Lipinski definition) is 2. The standard InChI is InChI=1S/C18H17N3O4/c1-18(13-6-4-3-5-7-13)16(23)21(17(24)20-18)19-11-12-10-14(25-2)8-9-15(12)22/h3-11,22H,1-2H3,(H,20,24)/b19-11+/t18-/m0/s1. The minimum atomic E-state index is -1.19. The number of benzene rings is 2.